The van der Waals surface area contributed by atoms with Crippen molar-refractivity contribution < 1.29 is 8.99 Å². The lowest BCUT2D eigenvalue weighted by atomic mass is 9.97. The highest BCUT2D eigenvalue weighted by Gasteiger charge is 2.42. The first-order chi connectivity index (χ1) is 31.3. The smallest absolute Gasteiger partial charge is 0.289 e. The third kappa shape index (κ3) is 4.33. The first kappa shape index (κ1) is 33.3. The zero-order valence-electron chi connectivity index (χ0n) is 33.9. The van der Waals surface area contributed by atoms with Crippen LogP contribution in [0.1, 0.15) is 17.3 Å². The summed E-state index contributed by atoms with van der Waals surface area (Å²) < 4.78 is 14.1. The van der Waals surface area contributed by atoms with E-state index in [4.69, 9.17) is 4.42 Å². The van der Waals surface area contributed by atoms with Crippen LogP contribution in [0.4, 0.5) is 5.69 Å². The standard InChI is InChI=1S/C58H34N4O/c1-2-18-37(19-3-1)61-57(59-58(61)46-28-14-26-43-39-21-9-11-30-50(39)63-56(43)46)36-17-12-20-38(31-36)60-48-29-10-8-24-44(48)51-40-22-6-7-23-41(40)52-45-27-13-25-42-47-32-34-15-4-5-16-35(34)33-49(47)62(53(42)45)55(52)54(51)60/h1-33,58H/p+1. The Morgan fingerprint density at radius 3 is 1.95 bits per heavy atom. The minimum absolute atomic E-state index is 0.128. The van der Waals surface area contributed by atoms with Gasteiger partial charge < -0.3 is 13.4 Å². The van der Waals surface area contributed by atoms with E-state index in [1.807, 2.05) is 6.07 Å². The van der Waals surface area contributed by atoms with Gasteiger partial charge in [-0.2, -0.15) is 4.58 Å². The Bertz CT molecular complexity index is 4300. The predicted octanol–water partition coefficient (Wildman–Crippen LogP) is 14.5. The number of benzene rings is 10. The second kappa shape index (κ2) is 12.1. The second-order valence-corrected chi connectivity index (χ2v) is 17.1. The van der Waals surface area contributed by atoms with E-state index < -0.39 is 0 Å². The molecule has 5 nitrogen and oxygen atoms in total. The van der Waals surface area contributed by atoms with Crippen LogP contribution in [0, 0.1) is 0 Å². The quantitative estimate of drug-likeness (QED) is 0.180. The van der Waals surface area contributed by atoms with Crippen LogP contribution >= 0.6 is 0 Å². The summed E-state index contributed by atoms with van der Waals surface area (Å²) in [5, 5.41) is 18.9. The number of para-hydroxylation sites is 5. The molecule has 63 heavy (non-hydrogen) atoms. The molecule has 0 amide bonds. The second-order valence-electron chi connectivity index (χ2n) is 17.1. The third-order valence-electron chi connectivity index (χ3n) is 13.9. The molecule has 0 radical (unpaired) electrons. The number of nitrogens with one attached hydrogen (secondary N) is 1. The van der Waals surface area contributed by atoms with Crippen LogP contribution in [-0.2, 0) is 0 Å². The van der Waals surface area contributed by atoms with Gasteiger partial charge in [-0.05, 0) is 82.2 Å². The molecule has 1 N–H and O–H groups in total. The number of aromatic nitrogens is 2. The maximum absolute atomic E-state index is 6.59. The minimum Gasteiger partial charge on any atom is -0.455 e. The number of fused-ring (bicyclic) bond motifs is 17. The van der Waals surface area contributed by atoms with Crippen LogP contribution in [0.3, 0.4) is 0 Å². The lowest BCUT2D eigenvalue weighted by Gasteiger charge is -2.29. The summed E-state index contributed by atoms with van der Waals surface area (Å²) in [5.41, 5.74) is 12.4. The molecule has 15 rings (SSSR count). The highest BCUT2D eigenvalue weighted by molar-refractivity contribution is 6.39. The van der Waals surface area contributed by atoms with Crippen molar-refractivity contribution in [3.05, 3.63) is 211 Å². The molecule has 10 aromatic carbocycles. The van der Waals surface area contributed by atoms with Gasteiger partial charge in [-0.15, -0.1) is 0 Å². The molecular weight excluding hydrogens is 769 g/mol. The van der Waals surface area contributed by atoms with Crippen LogP contribution in [0.2, 0.25) is 0 Å². The average molecular weight is 804 g/mol. The van der Waals surface area contributed by atoms with Gasteiger partial charge in [0.1, 0.15) is 16.9 Å². The topological polar surface area (TPSA) is 37.5 Å². The zero-order valence-corrected chi connectivity index (χ0v) is 33.9. The van der Waals surface area contributed by atoms with E-state index in [-0.39, 0.29) is 6.17 Å². The first-order valence-corrected chi connectivity index (χ1v) is 21.7. The van der Waals surface area contributed by atoms with Crippen molar-refractivity contribution in [1.29, 1.82) is 0 Å². The number of furan rings is 1. The molecule has 0 saturated carbocycles. The SMILES string of the molecule is c1ccc([N+]2=C(c3cccc(-n4c5ccccc5c5c6ccccc6c6c7cccc8c9cc%10ccccc%10cc9n(c87)c6c54)c3)NC2c2cccc3c2oc2ccccc23)cc1. The molecule has 14 aromatic rings. The Labute approximate surface area is 359 Å². The van der Waals surface area contributed by atoms with Gasteiger partial charge in [0, 0.05) is 48.8 Å². The van der Waals surface area contributed by atoms with Crippen molar-refractivity contribution in [3.8, 4) is 5.69 Å². The van der Waals surface area contributed by atoms with E-state index >= 15 is 0 Å². The molecule has 0 fully saturated rings. The first-order valence-electron chi connectivity index (χ1n) is 21.7. The molecule has 292 valence electrons. The normalized spacial score (nSPS) is 14.6. The Morgan fingerprint density at radius 1 is 0.444 bits per heavy atom. The molecule has 1 aliphatic rings. The predicted molar refractivity (Wildman–Crippen MR) is 261 cm³/mol. The number of amidine groups is 1. The summed E-state index contributed by atoms with van der Waals surface area (Å²) in [6.45, 7) is 0. The van der Waals surface area contributed by atoms with Crippen LogP contribution in [0.25, 0.3) is 109 Å². The van der Waals surface area contributed by atoms with E-state index in [0.717, 1.165) is 50.3 Å². The molecule has 0 spiro atoms. The van der Waals surface area contributed by atoms with Crippen molar-refractivity contribution in [3.63, 3.8) is 0 Å². The van der Waals surface area contributed by atoms with Gasteiger partial charge in [0.2, 0.25) is 0 Å². The van der Waals surface area contributed by atoms with Gasteiger partial charge >= 0.3 is 0 Å². The van der Waals surface area contributed by atoms with Crippen LogP contribution in [0.15, 0.2) is 205 Å². The molecule has 0 saturated heterocycles. The van der Waals surface area contributed by atoms with E-state index in [0.29, 0.717) is 0 Å². The molecule has 1 atom stereocenters. The molecule has 5 heterocycles. The van der Waals surface area contributed by atoms with Gasteiger partial charge in [0.25, 0.3) is 12.0 Å². The Morgan fingerprint density at radius 2 is 1.10 bits per heavy atom. The lowest BCUT2D eigenvalue weighted by molar-refractivity contribution is -0.531. The molecule has 0 bridgehead atoms. The van der Waals surface area contributed by atoms with E-state index in [9.17, 15) is 0 Å². The van der Waals surface area contributed by atoms with Crippen molar-refractivity contribution in [2.45, 2.75) is 6.17 Å². The van der Waals surface area contributed by atoms with Crippen LogP contribution in [0.5, 0.6) is 0 Å². The summed E-state index contributed by atoms with van der Waals surface area (Å²) in [4.78, 5) is 0. The van der Waals surface area contributed by atoms with E-state index in [1.165, 1.54) is 81.4 Å². The molecule has 1 aliphatic heterocycles. The highest BCUT2D eigenvalue weighted by Crippen LogP contribution is 2.49. The Kier molecular flexibility index (Phi) is 6.41. The Hall–Kier alpha value is -8.41. The lowest BCUT2D eigenvalue weighted by Crippen LogP contribution is -2.51. The van der Waals surface area contributed by atoms with Crippen molar-refractivity contribution in [2.75, 3.05) is 0 Å². The molecule has 4 aromatic heterocycles. The average Bonchev–Trinajstić information content (AvgIpc) is 4.07. The van der Waals surface area contributed by atoms with Crippen LogP contribution < -0.4 is 5.32 Å². The minimum atomic E-state index is -0.128. The number of nitrogens with zero attached hydrogens (tertiary/aromatic N) is 3. The maximum Gasteiger partial charge on any atom is 0.289 e. The third-order valence-corrected chi connectivity index (χ3v) is 13.9. The maximum atomic E-state index is 6.59. The summed E-state index contributed by atoms with van der Waals surface area (Å²) in [5.74, 6) is 1.05. The van der Waals surface area contributed by atoms with Gasteiger partial charge in [-0.25, -0.2) is 5.32 Å². The van der Waals surface area contributed by atoms with Crippen molar-refractivity contribution in [1.82, 2.24) is 14.3 Å². The summed E-state index contributed by atoms with van der Waals surface area (Å²) in [6, 6.07) is 73.0. The fraction of sp³-hybridized carbons (Fsp3) is 0.0172. The van der Waals surface area contributed by atoms with E-state index in [2.05, 4.69) is 213 Å². The van der Waals surface area contributed by atoms with Gasteiger partial charge in [0.05, 0.1) is 38.7 Å². The van der Waals surface area contributed by atoms with Gasteiger partial charge in [0.15, 0.2) is 0 Å². The molecule has 5 heteroatoms. The number of rotatable bonds is 4. The summed E-state index contributed by atoms with van der Waals surface area (Å²) in [7, 11) is 0. The monoisotopic (exact) mass is 803 g/mol. The Balaban J connectivity index is 1.04. The summed E-state index contributed by atoms with van der Waals surface area (Å²) in [6.07, 6.45) is -0.128. The fourth-order valence-electron chi connectivity index (χ4n) is 11.3. The number of hydrogen-bond donors (Lipinski definition) is 1. The highest BCUT2D eigenvalue weighted by atomic mass is 16.3. The van der Waals surface area contributed by atoms with Crippen molar-refractivity contribution >= 4 is 115 Å². The van der Waals surface area contributed by atoms with E-state index in [1.54, 1.807) is 0 Å². The van der Waals surface area contributed by atoms with Crippen molar-refractivity contribution in [2.24, 2.45) is 0 Å². The molecular formula is C58H35N4O+. The fourth-order valence-corrected chi connectivity index (χ4v) is 11.3. The number of hydrogen-bond acceptors (Lipinski definition) is 2. The zero-order chi connectivity index (χ0) is 40.9. The molecule has 1 unspecified atom stereocenters. The summed E-state index contributed by atoms with van der Waals surface area (Å²) >= 11 is 0. The van der Waals surface area contributed by atoms with Gasteiger partial charge in [-0.3, -0.25) is 0 Å². The van der Waals surface area contributed by atoms with Gasteiger partial charge in [-0.1, -0.05) is 140 Å². The largest absolute Gasteiger partial charge is 0.455 e. The van der Waals surface area contributed by atoms with Crippen LogP contribution in [-0.4, -0.2) is 19.4 Å². The molecule has 0 aliphatic carbocycles.